The van der Waals surface area contributed by atoms with Gasteiger partial charge in [0.1, 0.15) is 5.60 Å². The third-order valence-corrected chi connectivity index (χ3v) is 6.56. The Morgan fingerprint density at radius 3 is 1.97 bits per heavy atom. The summed E-state index contributed by atoms with van der Waals surface area (Å²) in [5.41, 5.74) is -2.18. The minimum Gasteiger partial charge on any atom is -0.388 e. The lowest BCUT2D eigenvalue weighted by Gasteiger charge is -2.19. The van der Waals surface area contributed by atoms with Crippen molar-refractivity contribution >= 4 is 23.7 Å². The number of nitrogens with one attached hydrogen (secondary N) is 1. The highest BCUT2D eigenvalue weighted by Gasteiger charge is 2.56. The molecule has 13 heteroatoms. The van der Waals surface area contributed by atoms with Crippen LogP contribution in [0.2, 0.25) is 0 Å². The number of carbonyl (C=O) groups excluding carboxylic acids is 1. The fourth-order valence-corrected chi connectivity index (χ4v) is 4.09. The average molecular weight is 579 g/mol. The van der Waals surface area contributed by atoms with Crippen molar-refractivity contribution in [3.05, 3.63) is 29.3 Å². The third-order valence-electron chi connectivity index (χ3n) is 5.40. The average Bonchev–Trinajstić information content (AvgIpc) is 2.83. The van der Waals surface area contributed by atoms with Crippen LogP contribution in [0, 0.1) is 11.3 Å². The van der Waals surface area contributed by atoms with Crippen LogP contribution in [-0.4, -0.2) is 47.6 Å². The van der Waals surface area contributed by atoms with E-state index >= 15 is 0 Å². The van der Waals surface area contributed by atoms with Crippen molar-refractivity contribution < 1.29 is 45.0 Å². The highest BCUT2D eigenvalue weighted by molar-refractivity contribution is 7.99. The van der Waals surface area contributed by atoms with Crippen molar-refractivity contribution in [3.8, 4) is 6.07 Å². The lowest BCUT2D eigenvalue weighted by atomic mass is 9.99. The number of nitriles is 1. The second-order valence-corrected chi connectivity index (χ2v) is 10.1. The summed E-state index contributed by atoms with van der Waals surface area (Å²) in [6.45, 7) is 1.49. The number of alkyl halides is 8. The van der Waals surface area contributed by atoms with Gasteiger partial charge in [-0.25, -0.2) is 0 Å². The van der Waals surface area contributed by atoms with Gasteiger partial charge in [0.15, 0.2) is 6.29 Å². The zero-order valence-corrected chi connectivity index (χ0v) is 22.1. The number of nitrogens with zero attached hydrogens (tertiary/aromatic N) is 1. The predicted molar refractivity (Wildman–Crippen MR) is 132 cm³/mol. The quantitative estimate of drug-likeness (QED) is 0.125. The molecule has 0 aliphatic heterocycles. The van der Waals surface area contributed by atoms with Crippen LogP contribution in [0.3, 0.4) is 0 Å². The van der Waals surface area contributed by atoms with Crippen molar-refractivity contribution in [2.75, 3.05) is 23.9 Å². The highest BCUT2D eigenvalue weighted by Crippen LogP contribution is 2.39. The maximum absolute atomic E-state index is 12.6. The monoisotopic (exact) mass is 578 g/mol. The minimum absolute atomic E-state index is 0.145. The van der Waals surface area contributed by atoms with Crippen LogP contribution in [0.15, 0.2) is 18.2 Å². The molecule has 0 aliphatic rings. The fourth-order valence-electron chi connectivity index (χ4n) is 3.12. The first kappa shape index (κ1) is 35.9. The molecular formula is C25H34F8N2O2S. The summed E-state index contributed by atoms with van der Waals surface area (Å²) in [6.07, 6.45) is -4.60. The number of hydrogen-bond donors (Lipinski definition) is 2. The predicted octanol–water partition coefficient (Wildman–Crippen LogP) is 8.00. The zero-order chi connectivity index (χ0) is 29.5. The molecule has 0 saturated heterocycles. The Hall–Kier alpha value is -2.07. The standard InChI is InChI=1S/C16H27F5O2S.C9H7F3N2/c1-14(23,13-22)9-6-4-2-3-5-7-11-24-12-8-10-15(17,18)16(19,20)21;1-14-7-3-2-6(5-13)8(4-7)9(10,11)12/h13,23H,2-12H2,1H3;2-4,14H,1H3. The summed E-state index contributed by atoms with van der Waals surface area (Å²) < 4.78 is 98.2. The number of halogens is 8. The summed E-state index contributed by atoms with van der Waals surface area (Å²) in [6, 6.07) is 4.99. The number of aliphatic hydroxyl groups is 1. The van der Waals surface area contributed by atoms with E-state index in [4.69, 9.17) is 5.26 Å². The van der Waals surface area contributed by atoms with Gasteiger partial charge in [-0.05, 0) is 55.9 Å². The third kappa shape index (κ3) is 14.8. The molecule has 0 aliphatic carbocycles. The van der Waals surface area contributed by atoms with Gasteiger partial charge >= 0.3 is 18.3 Å². The maximum Gasteiger partial charge on any atom is 0.453 e. The molecule has 0 fully saturated rings. The lowest BCUT2D eigenvalue weighted by Crippen LogP contribution is -2.36. The fraction of sp³-hybridized carbons (Fsp3) is 0.680. The Labute approximate surface area is 222 Å². The molecule has 1 atom stereocenters. The zero-order valence-electron chi connectivity index (χ0n) is 21.3. The van der Waals surface area contributed by atoms with Crippen LogP contribution in [0.25, 0.3) is 0 Å². The number of unbranched alkanes of at least 4 members (excludes halogenated alkanes) is 5. The molecule has 38 heavy (non-hydrogen) atoms. The Morgan fingerprint density at radius 1 is 0.921 bits per heavy atom. The number of benzene rings is 1. The lowest BCUT2D eigenvalue weighted by molar-refractivity contribution is -0.284. The number of aldehydes is 1. The van der Waals surface area contributed by atoms with Crippen LogP contribution < -0.4 is 5.32 Å². The summed E-state index contributed by atoms with van der Waals surface area (Å²) in [5.74, 6) is -3.51. The van der Waals surface area contributed by atoms with Gasteiger partial charge < -0.3 is 15.2 Å². The van der Waals surface area contributed by atoms with Crippen LogP contribution >= 0.6 is 11.8 Å². The number of anilines is 1. The van der Waals surface area contributed by atoms with Crippen LogP contribution in [0.4, 0.5) is 40.8 Å². The number of carbonyl (C=O) groups is 1. The van der Waals surface area contributed by atoms with E-state index in [1.165, 1.54) is 37.9 Å². The second-order valence-electron chi connectivity index (χ2n) is 8.88. The second kappa shape index (κ2) is 16.8. The maximum atomic E-state index is 12.6. The summed E-state index contributed by atoms with van der Waals surface area (Å²) in [4.78, 5) is 10.5. The molecule has 0 heterocycles. The van der Waals surface area contributed by atoms with Gasteiger partial charge in [-0.15, -0.1) is 0 Å². The van der Waals surface area contributed by atoms with E-state index in [0.717, 1.165) is 56.4 Å². The van der Waals surface area contributed by atoms with Crippen molar-refractivity contribution in [2.24, 2.45) is 0 Å². The molecule has 0 spiro atoms. The molecule has 218 valence electrons. The van der Waals surface area contributed by atoms with Crippen LogP contribution in [-0.2, 0) is 11.0 Å². The summed E-state index contributed by atoms with van der Waals surface area (Å²) in [5, 5.41) is 20.5. The first-order chi connectivity index (χ1) is 17.5. The van der Waals surface area contributed by atoms with E-state index in [9.17, 15) is 45.0 Å². The first-order valence-electron chi connectivity index (χ1n) is 12.0. The Balaban J connectivity index is 0.000000824. The molecule has 0 saturated carbocycles. The topological polar surface area (TPSA) is 73.1 Å². The highest BCUT2D eigenvalue weighted by atomic mass is 32.2. The van der Waals surface area contributed by atoms with Gasteiger partial charge in [0, 0.05) is 19.2 Å². The number of rotatable bonds is 15. The van der Waals surface area contributed by atoms with E-state index in [1.807, 2.05) is 0 Å². The van der Waals surface area contributed by atoms with Crippen molar-refractivity contribution in [1.29, 1.82) is 5.26 Å². The molecular weight excluding hydrogens is 544 g/mol. The van der Waals surface area contributed by atoms with Gasteiger partial charge in [-0.2, -0.15) is 52.1 Å². The molecule has 1 rings (SSSR count). The van der Waals surface area contributed by atoms with Gasteiger partial charge in [0.2, 0.25) is 0 Å². The summed E-state index contributed by atoms with van der Waals surface area (Å²) in [7, 11) is 1.52. The molecule has 1 aromatic rings. The Morgan fingerprint density at radius 2 is 1.47 bits per heavy atom. The van der Waals surface area contributed by atoms with Crippen LogP contribution in [0.5, 0.6) is 0 Å². The molecule has 0 radical (unpaired) electrons. The van der Waals surface area contributed by atoms with Gasteiger partial charge in [-0.1, -0.05) is 32.1 Å². The Kier molecular flexibility index (Phi) is 15.9. The van der Waals surface area contributed by atoms with E-state index in [1.54, 1.807) is 0 Å². The van der Waals surface area contributed by atoms with Crippen LogP contribution in [0.1, 0.15) is 75.8 Å². The van der Waals surface area contributed by atoms with Gasteiger partial charge in [0.25, 0.3) is 0 Å². The Bertz CT molecular complexity index is 868. The number of hydrogen-bond acceptors (Lipinski definition) is 5. The smallest absolute Gasteiger partial charge is 0.388 e. The first-order valence-corrected chi connectivity index (χ1v) is 13.2. The molecule has 0 bridgehead atoms. The van der Waals surface area contributed by atoms with Crippen molar-refractivity contribution in [2.45, 2.75) is 88.6 Å². The van der Waals surface area contributed by atoms with Gasteiger partial charge in [-0.3, -0.25) is 0 Å². The number of thioether (sulfide) groups is 1. The van der Waals surface area contributed by atoms with Crippen molar-refractivity contribution in [3.63, 3.8) is 0 Å². The molecule has 1 unspecified atom stereocenters. The molecule has 4 nitrogen and oxygen atoms in total. The molecule has 1 aromatic carbocycles. The van der Waals surface area contributed by atoms with Crippen molar-refractivity contribution in [1.82, 2.24) is 0 Å². The summed E-state index contributed by atoms with van der Waals surface area (Å²) >= 11 is 1.41. The molecule has 0 amide bonds. The largest absolute Gasteiger partial charge is 0.453 e. The minimum atomic E-state index is -5.45. The van der Waals surface area contributed by atoms with Gasteiger partial charge in [0.05, 0.1) is 17.2 Å². The molecule has 0 aromatic heterocycles. The SMILES string of the molecule is CC(O)(C=O)CCCCCCCCSCCCC(F)(F)C(F)(F)F.CNc1ccc(C#N)c(C(F)(F)F)c1. The van der Waals surface area contributed by atoms with E-state index in [0.29, 0.717) is 24.1 Å². The normalized spacial score (nSPS) is 13.6. The van der Waals surface area contributed by atoms with E-state index < -0.39 is 35.9 Å². The van der Waals surface area contributed by atoms with E-state index in [-0.39, 0.29) is 12.0 Å². The van der Waals surface area contributed by atoms with E-state index in [2.05, 4.69) is 5.32 Å². The molecule has 2 N–H and O–H groups in total.